The third kappa shape index (κ3) is 4.22. The summed E-state index contributed by atoms with van der Waals surface area (Å²) >= 11 is 0. The molecule has 0 atom stereocenters. The highest BCUT2D eigenvalue weighted by atomic mass is 32.2. The molecule has 0 radical (unpaired) electrons. The van der Waals surface area contributed by atoms with Gasteiger partial charge in [-0.05, 0) is 35.9 Å². The van der Waals surface area contributed by atoms with E-state index >= 15 is 0 Å². The maximum absolute atomic E-state index is 13.1. The first-order valence-electron chi connectivity index (χ1n) is 5.89. The van der Waals surface area contributed by atoms with Crippen molar-refractivity contribution in [3.63, 3.8) is 0 Å². The van der Waals surface area contributed by atoms with Crippen LogP contribution in [0.1, 0.15) is 5.56 Å². The molecule has 0 aromatic heterocycles. The Morgan fingerprint density at radius 3 is 2.29 bits per heavy atom. The molecule has 7 heteroatoms. The minimum absolute atomic E-state index is 0.0584. The molecule has 0 spiro atoms. The van der Waals surface area contributed by atoms with E-state index in [1.165, 1.54) is 36.4 Å². The molecule has 112 valence electrons. The molecule has 3 nitrogen and oxygen atoms in total. The summed E-state index contributed by atoms with van der Waals surface area (Å²) in [4.78, 5) is -0.129. The smallest absolute Gasteiger partial charge is 0.387 e. The third-order valence-electron chi connectivity index (χ3n) is 2.66. The average molecular weight is 316 g/mol. The molecule has 0 amide bonds. The maximum Gasteiger partial charge on any atom is 0.387 e. The SMILES string of the molecule is O=S(=O)(Cc1ccc(OC(F)F)cc1)c1cccc(F)c1. The van der Waals surface area contributed by atoms with Crippen molar-refractivity contribution in [2.75, 3.05) is 0 Å². The number of ether oxygens (including phenoxy) is 1. The van der Waals surface area contributed by atoms with Gasteiger partial charge in [-0.25, -0.2) is 12.8 Å². The lowest BCUT2D eigenvalue weighted by Crippen LogP contribution is -2.06. The van der Waals surface area contributed by atoms with E-state index < -0.39 is 22.3 Å². The van der Waals surface area contributed by atoms with E-state index in [0.29, 0.717) is 5.56 Å². The monoisotopic (exact) mass is 316 g/mol. The van der Waals surface area contributed by atoms with Gasteiger partial charge in [0.15, 0.2) is 9.84 Å². The average Bonchev–Trinajstić information content (AvgIpc) is 2.40. The lowest BCUT2D eigenvalue weighted by atomic mass is 10.2. The van der Waals surface area contributed by atoms with Crippen LogP contribution in [0, 0.1) is 5.82 Å². The molecule has 0 fully saturated rings. The molecule has 0 unspecified atom stereocenters. The van der Waals surface area contributed by atoms with Crippen molar-refractivity contribution >= 4 is 9.84 Å². The summed E-state index contributed by atoms with van der Waals surface area (Å²) in [6.45, 7) is -2.94. The van der Waals surface area contributed by atoms with Crippen LogP contribution in [0.15, 0.2) is 53.4 Å². The third-order valence-corrected chi connectivity index (χ3v) is 4.35. The second-order valence-electron chi connectivity index (χ2n) is 4.24. The van der Waals surface area contributed by atoms with Crippen molar-refractivity contribution in [3.05, 3.63) is 59.9 Å². The van der Waals surface area contributed by atoms with E-state index in [0.717, 1.165) is 12.1 Å². The second kappa shape index (κ2) is 6.17. The Morgan fingerprint density at radius 1 is 1.05 bits per heavy atom. The first kappa shape index (κ1) is 15.4. The normalized spacial score (nSPS) is 11.6. The summed E-state index contributed by atoms with van der Waals surface area (Å²) in [5.74, 6) is -1.06. The molecule has 0 saturated heterocycles. The molecule has 2 rings (SSSR count). The molecule has 0 aliphatic rings. The summed E-state index contributed by atoms with van der Waals surface area (Å²) in [7, 11) is -3.70. The van der Waals surface area contributed by atoms with E-state index in [2.05, 4.69) is 4.74 Å². The Bertz CT molecular complexity index is 712. The van der Waals surface area contributed by atoms with Crippen molar-refractivity contribution < 1.29 is 26.3 Å². The van der Waals surface area contributed by atoms with Gasteiger partial charge >= 0.3 is 6.61 Å². The zero-order valence-corrected chi connectivity index (χ0v) is 11.5. The predicted molar refractivity (Wildman–Crippen MR) is 70.4 cm³/mol. The van der Waals surface area contributed by atoms with Gasteiger partial charge in [0, 0.05) is 0 Å². The zero-order valence-electron chi connectivity index (χ0n) is 10.7. The summed E-state index contributed by atoms with van der Waals surface area (Å²) in [6, 6.07) is 9.93. The van der Waals surface area contributed by atoms with Gasteiger partial charge in [-0.1, -0.05) is 18.2 Å². The molecule has 2 aromatic rings. The molecule has 0 bridgehead atoms. The topological polar surface area (TPSA) is 43.4 Å². The van der Waals surface area contributed by atoms with E-state index in [9.17, 15) is 21.6 Å². The quantitative estimate of drug-likeness (QED) is 0.849. The van der Waals surface area contributed by atoms with Crippen molar-refractivity contribution in [1.82, 2.24) is 0 Å². The van der Waals surface area contributed by atoms with Gasteiger partial charge in [-0.2, -0.15) is 8.78 Å². The highest BCUT2D eigenvalue weighted by Gasteiger charge is 2.16. The fourth-order valence-electron chi connectivity index (χ4n) is 1.73. The number of halogens is 3. The lowest BCUT2D eigenvalue weighted by Gasteiger charge is -2.07. The van der Waals surface area contributed by atoms with Crippen LogP contribution in [0.3, 0.4) is 0 Å². The Morgan fingerprint density at radius 2 is 1.71 bits per heavy atom. The van der Waals surface area contributed by atoms with Crippen LogP contribution < -0.4 is 4.74 Å². The highest BCUT2D eigenvalue weighted by molar-refractivity contribution is 7.90. The molecule has 0 N–H and O–H groups in total. The van der Waals surface area contributed by atoms with Crippen LogP contribution in [0.25, 0.3) is 0 Å². The number of benzene rings is 2. The molecule has 0 aliphatic carbocycles. The summed E-state index contributed by atoms with van der Waals surface area (Å²) < 4.78 is 65.4. The van der Waals surface area contributed by atoms with Gasteiger partial charge in [-0.15, -0.1) is 0 Å². The van der Waals surface area contributed by atoms with Crippen molar-refractivity contribution in [3.8, 4) is 5.75 Å². The molecule has 21 heavy (non-hydrogen) atoms. The fraction of sp³-hybridized carbons (Fsp3) is 0.143. The minimum atomic E-state index is -3.70. The van der Waals surface area contributed by atoms with Crippen LogP contribution in [-0.2, 0) is 15.6 Å². The van der Waals surface area contributed by atoms with Gasteiger partial charge in [0.05, 0.1) is 10.6 Å². The van der Waals surface area contributed by atoms with Crippen molar-refractivity contribution in [1.29, 1.82) is 0 Å². The zero-order chi connectivity index (χ0) is 15.5. The summed E-state index contributed by atoms with van der Waals surface area (Å²) in [5.41, 5.74) is 0.390. The molecule has 0 aliphatic heterocycles. The van der Waals surface area contributed by atoms with Crippen LogP contribution in [0.2, 0.25) is 0 Å². The molecule has 0 saturated carbocycles. The largest absolute Gasteiger partial charge is 0.435 e. The minimum Gasteiger partial charge on any atom is -0.435 e. The first-order valence-corrected chi connectivity index (χ1v) is 7.54. The number of hydrogen-bond acceptors (Lipinski definition) is 3. The van der Waals surface area contributed by atoms with Crippen LogP contribution in [-0.4, -0.2) is 15.0 Å². The standard InChI is InChI=1S/C14H11F3O3S/c15-11-2-1-3-13(8-11)21(18,19)9-10-4-6-12(7-5-10)20-14(16)17/h1-8,14H,9H2. The van der Waals surface area contributed by atoms with Gasteiger partial charge in [0.2, 0.25) is 0 Å². The Labute approximate surface area is 119 Å². The number of rotatable bonds is 5. The van der Waals surface area contributed by atoms with Gasteiger partial charge in [0.25, 0.3) is 0 Å². The Hall–Kier alpha value is -2.02. The number of sulfone groups is 1. The van der Waals surface area contributed by atoms with Crippen LogP contribution >= 0.6 is 0 Å². The van der Waals surface area contributed by atoms with E-state index in [-0.39, 0.29) is 16.4 Å². The second-order valence-corrected chi connectivity index (χ2v) is 6.23. The molecule has 2 aromatic carbocycles. The number of hydrogen-bond donors (Lipinski definition) is 0. The van der Waals surface area contributed by atoms with Crippen LogP contribution in [0.5, 0.6) is 5.75 Å². The predicted octanol–water partition coefficient (Wildman–Crippen LogP) is 3.40. The Kier molecular flexibility index (Phi) is 4.52. The van der Waals surface area contributed by atoms with Gasteiger partial charge in [-0.3, -0.25) is 0 Å². The summed E-state index contributed by atoms with van der Waals surface area (Å²) in [6.07, 6.45) is 0. The first-order chi connectivity index (χ1) is 9.87. The van der Waals surface area contributed by atoms with Crippen molar-refractivity contribution in [2.45, 2.75) is 17.3 Å². The van der Waals surface area contributed by atoms with Gasteiger partial charge in [0.1, 0.15) is 11.6 Å². The summed E-state index contributed by atoms with van der Waals surface area (Å²) in [5, 5.41) is 0. The highest BCUT2D eigenvalue weighted by Crippen LogP contribution is 2.20. The molecular weight excluding hydrogens is 305 g/mol. The van der Waals surface area contributed by atoms with E-state index in [1.807, 2.05) is 0 Å². The van der Waals surface area contributed by atoms with E-state index in [4.69, 9.17) is 0 Å². The molecular formula is C14H11F3O3S. The van der Waals surface area contributed by atoms with Crippen molar-refractivity contribution in [2.24, 2.45) is 0 Å². The fourth-order valence-corrected chi connectivity index (χ4v) is 3.11. The molecule has 0 heterocycles. The Balaban J connectivity index is 2.17. The van der Waals surface area contributed by atoms with Crippen LogP contribution in [0.4, 0.5) is 13.2 Å². The number of alkyl halides is 2. The van der Waals surface area contributed by atoms with E-state index in [1.54, 1.807) is 0 Å². The lowest BCUT2D eigenvalue weighted by molar-refractivity contribution is -0.0498. The van der Waals surface area contributed by atoms with Gasteiger partial charge < -0.3 is 4.74 Å². The maximum atomic E-state index is 13.1.